The molecule has 19 heavy (non-hydrogen) atoms. The molecule has 1 N–H and O–H groups in total. The fourth-order valence-corrected chi connectivity index (χ4v) is 3.11. The second-order valence-corrected chi connectivity index (χ2v) is 6.09. The molecule has 2 aliphatic carbocycles. The average Bonchev–Trinajstić information content (AvgIpc) is 2.36. The predicted molar refractivity (Wildman–Crippen MR) is 77.0 cm³/mol. The van der Waals surface area contributed by atoms with Crippen molar-refractivity contribution < 1.29 is 4.79 Å². The molecule has 0 aliphatic heterocycles. The molecule has 1 fully saturated rings. The molecule has 2 nitrogen and oxygen atoms in total. The number of benzene rings is 1. The highest BCUT2D eigenvalue weighted by Crippen LogP contribution is 2.28. The molecule has 0 saturated heterocycles. The first-order valence-corrected chi connectivity index (χ1v) is 7.66. The Balaban J connectivity index is 1.68. The number of hydrogen-bond acceptors (Lipinski definition) is 1. The highest BCUT2D eigenvalue weighted by Gasteiger charge is 2.26. The van der Waals surface area contributed by atoms with Gasteiger partial charge in [-0.3, -0.25) is 4.79 Å². The zero-order valence-corrected chi connectivity index (χ0v) is 11.7. The Morgan fingerprint density at radius 3 is 2.58 bits per heavy atom. The van der Waals surface area contributed by atoms with Crippen molar-refractivity contribution in [1.29, 1.82) is 0 Å². The van der Waals surface area contributed by atoms with E-state index in [1.54, 1.807) is 0 Å². The number of fused-ring (bicyclic) bond motifs is 1. The van der Waals surface area contributed by atoms with Crippen LogP contribution in [0.1, 0.15) is 61.8 Å². The summed E-state index contributed by atoms with van der Waals surface area (Å²) in [6.45, 7) is 2.10. The highest BCUT2D eigenvalue weighted by atomic mass is 16.1. The molecule has 0 heterocycles. The molecular weight excluding hydrogens is 234 g/mol. The lowest BCUT2D eigenvalue weighted by Gasteiger charge is -2.27. The monoisotopic (exact) mass is 257 g/mol. The third-order valence-corrected chi connectivity index (χ3v) is 4.71. The fraction of sp³-hybridized carbons (Fsp3) is 0.588. The smallest absolute Gasteiger partial charge is 0.223 e. The first kappa shape index (κ1) is 12.7. The van der Waals surface area contributed by atoms with Gasteiger partial charge in [0, 0.05) is 5.92 Å². The second-order valence-electron chi connectivity index (χ2n) is 6.09. The Labute approximate surface area is 115 Å². The summed E-state index contributed by atoms with van der Waals surface area (Å²) in [7, 11) is 0. The van der Waals surface area contributed by atoms with E-state index in [-0.39, 0.29) is 17.9 Å². The zero-order chi connectivity index (χ0) is 13.2. The van der Waals surface area contributed by atoms with Gasteiger partial charge < -0.3 is 5.32 Å². The second kappa shape index (κ2) is 5.36. The lowest BCUT2D eigenvalue weighted by Crippen LogP contribution is -2.36. The van der Waals surface area contributed by atoms with E-state index in [4.69, 9.17) is 0 Å². The summed E-state index contributed by atoms with van der Waals surface area (Å²) in [5, 5.41) is 3.17. The van der Waals surface area contributed by atoms with Crippen LogP contribution in [-0.2, 0) is 17.6 Å². The maximum Gasteiger partial charge on any atom is 0.223 e. The fourth-order valence-electron chi connectivity index (χ4n) is 3.11. The number of amides is 1. The van der Waals surface area contributed by atoms with Gasteiger partial charge in [-0.15, -0.1) is 0 Å². The number of nitrogens with one attached hydrogen (secondary N) is 1. The van der Waals surface area contributed by atoms with Crippen LogP contribution in [-0.4, -0.2) is 5.91 Å². The van der Waals surface area contributed by atoms with Gasteiger partial charge in [0.25, 0.3) is 0 Å². The van der Waals surface area contributed by atoms with E-state index in [1.807, 2.05) is 0 Å². The van der Waals surface area contributed by atoms with Gasteiger partial charge in [-0.1, -0.05) is 24.6 Å². The van der Waals surface area contributed by atoms with Gasteiger partial charge in [-0.05, 0) is 62.1 Å². The van der Waals surface area contributed by atoms with Gasteiger partial charge >= 0.3 is 0 Å². The topological polar surface area (TPSA) is 29.1 Å². The molecule has 1 unspecified atom stereocenters. The van der Waals surface area contributed by atoms with Gasteiger partial charge in [0.2, 0.25) is 5.91 Å². The summed E-state index contributed by atoms with van der Waals surface area (Å²) in [4.78, 5) is 12.0. The summed E-state index contributed by atoms with van der Waals surface area (Å²) in [6.07, 6.45) is 8.40. The summed E-state index contributed by atoms with van der Waals surface area (Å²) in [5.41, 5.74) is 4.26. The van der Waals surface area contributed by atoms with Crippen molar-refractivity contribution in [2.24, 2.45) is 5.92 Å². The molecule has 1 aromatic carbocycles. The van der Waals surface area contributed by atoms with Crippen molar-refractivity contribution in [2.45, 2.75) is 57.9 Å². The van der Waals surface area contributed by atoms with Crippen LogP contribution in [0.15, 0.2) is 18.2 Å². The van der Waals surface area contributed by atoms with Crippen LogP contribution < -0.4 is 5.32 Å². The molecule has 1 aromatic rings. The molecule has 1 saturated carbocycles. The van der Waals surface area contributed by atoms with Crippen LogP contribution in [0, 0.1) is 5.92 Å². The maximum atomic E-state index is 12.0. The molecule has 1 atom stereocenters. The van der Waals surface area contributed by atoms with Crippen LogP contribution in [0.3, 0.4) is 0 Å². The van der Waals surface area contributed by atoms with Crippen molar-refractivity contribution in [2.75, 3.05) is 0 Å². The lowest BCUT2D eigenvalue weighted by atomic mass is 9.84. The predicted octanol–water partition coefficient (Wildman–Crippen LogP) is 3.54. The van der Waals surface area contributed by atoms with Gasteiger partial charge in [-0.2, -0.15) is 0 Å². The van der Waals surface area contributed by atoms with Crippen molar-refractivity contribution in [3.8, 4) is 0 Å². The lowest BCUT2D eigenvalue weighted by molar-refractivity contribution is -0.128. The van der Waals surface area contributed by atoms with E-state index < -0.39 is 0 Å². The first-order valence-electron chi connectivity index (χ1n) is 7.66. The molecule has 0 spiro atoms. The van der Waals surface area contributed by atoms with Crippen LogP contribution in [0.4, 0.5) is 0 Å². The summed E-state index contributed by atoms with van der Waals surface area (Å²) < 4.78 is 0. The minimum absolute atomic E-state index is 0.139. The van der Waals surface area contributed by atoms with Crippen molar-refractivity contribution >= 4 is 5.91 Å². The van der Waals surface area contributed by atoms with E-state index in [2.05, 4.69) is 30.4 Å². The molecule has 102 valence electrons. The minimum Gasteiger partial charge on any atom is -0.349 e. The Bertz CT molecular complexity index is 476. The summed E-state index contributed by atoms with van der Waals surface area (Å²) in [5.74, 6) is 0.525. The normalized spacial score (nSPS) is 20.3. The Morgan fingerprint density at radius 1 is 1.16 bits per heavy atom. The number of rotatable bonds is 3. The first-order chi connectivity index (χ1) is 9.24. The van der Waals surface area contributed by atoms with Gasteiger partial charge in [0.15, 0.2) is 0 Å². The largest absolute Gasteiger partial charge is 0.349 e. The van der Waals surface area contributed by atoms with Crippen LogP contribution in [0.2, 0.25) is 0 Å². The highest BCUT2D eigenvalue weighted by molar-refractivity contribution is 5.79. The van der Waals surface area contributed by atoms with E-state index in [9.17, 15) is 4.79 Å². The molecule has 1 amide bonds. The Hall–Kier alpha value is -1.31. The minimum atomic E-state index is 0.139. The maximum absolute atomic E-state index is 12.0. The van der Waals surface area contributed by atoms with E-state index in [1.165, 1.54) is 48.8 Å². The molecule has 0 radical (unpaired) electrons. The molecule has 2 heteroatoms. The number of carbonyl (C=O) groups is 1. The molecule has 3 rings (SSSR count). The van der Waals surface area contributed by atoms with Gasteiger partial charge in [-0.25, -0.2) is 0 Å². The zero-order valence-electron chi connectivity index (χ0n) is 11.7. The van der Waals surface area contributed by atoms with Gasteiger partial charge in [0.05, 0.1) is 6.04 Å². The third kappa shape index (κ3) is 2.68. The third-order valence-electron chi connectivity index (χ3n) is 4.71. The summed E-state index contributed by atoms with van der Waals surface area (Å²) in [6, 6.07) is 6.90. The standard InChI is InChI=1S/C17H23NO/c1-12(18-17(19)14-7-4-8-14)15-10-9-13-5-2-3-6-16(13)11-15/h9-12,14H,2-8H2,1H3,(H,18,19). The van der Waals surface area contributed by atoms with Gasteiger partial charge in [0.1, 0.15) is 0 Å². The molecular formula is C17H23NO. The molecule has 0 bridgehead atoms. The molecule has 0 aromatic heterocycles. The van der Waals surface area contributed by atoms with Crippen LogP contribution in [0.25, 0.3) is 0 Å². The van der Waals surface area contributed by atoms with E-state index >= 15 is 0 Å². The SMILES string of the molecule is CC(NC(=O)C1CCC1)c1ccc2c(c1)CCCC2. The molecule has 2 aliphatic rings. The number of hydrogen-bond donors (Lipinski definition) is 1. The average molecular weight is 257 g/mol. The van der Waals surface area contributed by atoms with Crippen molar-refractivity contribution in [3.63, 3.8) is 0 Å². The number of carbonyl (C=O) groups excluding carboxylic acids is 1. The van der Waals surface area contributed by atoms with E-state index in [0.717, 1.165) is 12.8 Å². The Morgan fingerprint density at radius 2 is 1.89 bits per heavy atom. The van der Waals surface area contributed by atoms with Crippen molar-refractivity contribution in [1.82, 2.24) is 5.32 Å². The van der Waals surface area contributed by atoms with E-state index in [0.29, 0.717) is 0 Å². The van der Waals surface area contributed by atoms with Crippen molar-refractivity contribution in [3.05, 3.63) is 34.9 Å². The Kier molecular flexibility index (Phi) is 3.58. The summed E-state index contributed by atoms with van der Waals surface area (Å²) >= 11 is 0. The quantitative estimate of drug-likeness (QED) is 0.881. The van der Waals surface area contributed by atoms with Crippen LogP contribution in [0.5, 0.6) is 0 Å². The van der Waals surface area contributed by atoms with Crippen LogP contribution >= 0.6 is 0 Å². The number of aryl methyl sites for hydroxylation is 2.